The number of halogens is 1. The van der Waals surface area contributed by atoms with Crippen molar-refractivity contribution in [2.75, 3.05) is 7.11 Å². The Bertz CT molecular complexity index is 625. The first-order chi connectivity index (χ1) is 9.61. The molecule has 5 heteroatoms. The highest BCUT2D eigenvalue weighted by Gasteiger charge is 2.09. The predicted molar refractivity (Wildman–Crippen MR) is 75.7 cm³/mol. The van der Waals surface area contributed by atoms with Crippen LogP contribution in [0.5, 0.6) is 11.5 Å². The van der Waals surface area contributed by atoms with Crippen molar-refractivity contribution in [3.8, 4) is 11.5 Å². The molecule has 0 saturated heterocycles. The maximum Gasteiger partial charge on any atom is 0.335 e. The summed E-state index contributed by atoms with van der Waals surface area (Å²) in [5.74, 6) is 0.136. The Morgan fingerprint density at radius 1 is 1.20 bits per heavy atom. The molecule has 0 saturated carbocycles. The van der Waals surface area contributed by atoms with Gasteiger partial charge in [0.2, 0.25) is 0 Å². The van der Waals surface area contributed by atoms with E-state index in [-0.39, 0.29) is 17.2 Å². The Kier molecular flexibility index (Phi) is 4.48. The first-order valence-corrected chi connectivity index (χ1v) is 6.27. The number of carboxylic acid groups (broad SMARTS) is 1. The van der Waals surface area contributed by atoms with Crippen LogP contribution in [0.3, 0.4) is 0 Å². The summed E-state index contributed by atoms with van der Waals surface area (Å²) in [5.41, 5.74) is 1.01. The minimum atomic E-state index is -1.02. The molecule has 0 aromatic heterocycles. The maximum absolute atomic E-state index is 10.8. The molecular weight excluding hydrogens is 280 g/mol. The van der Waals surface area contributed by atoms with Crippen molar-refractivity contribution in [2.45, 2.75) is 6.61 Å². The Morgan fingerprint density at radius 2 is 1.95 bits per heavy atom. The number of aromatic carboxylic acids is 1. The van der Waals surface area contributed by atoms with Crippen molar-refractivity contribution in [3.63, 3.8) is 0 Å². The average molecular weight is 293 g/mol. The van der Waals surface area contributed by atoms with E-state index in [0.29, 0.717) is 5.75 Å². The SMILES string of the molecule is COc1ccccc1COc1ccc(C(=O)O)cc1Cl. The molecule has 0 heterocycles. The third-order valence-electron chi connectivity index (χ3n) is 2.75. The van der Waals surface area contributed by atoms with Gasteiger partial charge in [0.05, 0.1) is 17.7 Å². The van der Waals surface area contributed by atoms with E-state index in [1.165, 1.54) is 12.1 Å². The van der Waals surface area contributed by atoms with Crippen molar-refractivity contribution in [2.24, 2.45) is 0 Å². The molecule has 0 aliphatic rings. The first kappa shape index (κ1) is 14.2. The first-order valence-electron chi connectivity index (χ1n) is 5.89. The average Bonchev–Trinajstić information content (AvgIpc) is 2.46. The third kappa shape index (κ3) is 3.22. The van der Waals surface area contributed by atoms with Gasteiger partial charge in [-0.3, -0.25) is 0 Å². The number of para-hydroxylation sites is 1. The fraction of sp³-hybridized carbons (Fsp3) is 0.133. The maximum atomic E-state index is 10.8. The summed E-state index contributed by atoms with van der Waals surface area (Å²) >= 11 is 5.99. The summed E-state index contributed by atoms with van der Waals surface area (Å²) in [7, 11) is 1.59. The molecule has 2 rings (SSSR count). The highest BCUT2D eigenvalue weighted by molar-refractivity contribution is 6.32. The number of hydrogen-bond acceptors (Lipinski definition) is 3. The lowest BCUT2D eigenvalue weighted by Crippen LogP contribution is -2.00. The van der Waals surface area contributed by atoms with E-state index in [2.05, 4.69) is 0 Å². The van der Waals surface area contributed by atoms with Crippen LogP contribution in [0, 0.1) is 0 Å². The van der Waals surface area contributed by atoms with Crippen LogP contribution >= 0.6 is 11.6 Å². The number of carboxylic acids is 1. The standard InChI is InChI=1S/C15H13ClO4/c1-19-13-5-3-2-4-11(13)9-20-14-7-6-10(15(17)18)8-12(14)16/h2-8H,9H2,1H3,(H,17,18). The third-order valence-corrected chi connectivity index (χ3v) is 3.05. The number of rotatable bonds is 5. The van der Waals surface area contributed by atoms with Gasteiger partial charge in [0.15, 0.2) is 0 Å². The normalized spacial score (nSPS) is 10.1. The molecule has 0 unspecified atom stereocenters. The molecule has 0 atom stereocenters. The molecular formula is C15H13ClO4. The highest BCUT2D eigenvalue weighted by Crippen LogP contribution is 2.27. The molecule has 0 fully saturated rings. The molecule has 0 aliphatic carbocycles. The van der Waals surface area contributed by atoms with Crippen LogP contribution in [0.25, 0.3) is 0 Å². The smallest absolute Gasteiger partial charge is 0.335 e. The number of benzene rings is 2. The fourth-order valence-electron chi connectivity index (χ4n) is 1.73. The van der Waals surface area contributed by atoms with Crippen molar-refractivity contribution < 1.29 is 19.4 Å². The van der Waals surface area contributed by atoms with E-state index in [4.69, 9.17) is 26.2 Å². The summed E-state index contributed by atoms with van der Waals surface area (Å²) in [6.07, 6.45) is 0. The lowest BCUT2D eigenvalue weighted by molar-refractivity contribution is 0.0697. The molecule has 104 valence electrons. The van der Waals surface area contributed by atoms with Gasteiger partial charge in [0, 0.05) is 5.56 Å². The second-order valence-electron chi connectivity index (χ2n) is 4.05. The van der Waals surface area contributed by atoms with E-state index < -0.39 is 5.97 Å². The number of carbonyl (C=O) groups is 1. The number of ether oxygens (including phenoxy) is 2. The van der Waals surface area contributed by atoms with Gasteiger partial charge in [-0.2, -0.15) is 0 Å². The van der Waals surface area contributed by atoms with Gasteiger partial charge in [-0.05, 0) is 24.3 Å². The Balaban J connectivity index is 2.13. The lowest BCUT2D eigenvalue weighted by atomic mass is 10.2. The Labute approximate surface area is 121 Å². The molecule has 0 amide bonds. The minimum absolute atomic E-state index is 0.125. The van der Waals surface area contributed by atoms with Crippen LogP contribution in [0.15, 0.2) is 42.5 Å². The topological polar surface area (TPSA) is 55.8 Å². The Morgan fingerprint density at radius 3 is 2.60 bits per heavy atom. The van der Waals surface area contributed by atoms with Gasteiger partial charge in [-0.15, -0.1) is 0 Å². The second kappa shape index (κ2) is 6.30. The summed E-state index contributed by atoms with van der Waals surface area (Å²) in [6, 6.07) is 11.8. The number of methoxy groups -OCH3 is 1. The van der Waals surface area contributed by atoms with Gasteiger partial charge < -0.3 is 14.6 Å². The van der Waals surface area contributed by atoms with E-state index in [1.54, 1.807) is 13.2 Å². The molecule has 2 aromatic rings. The van der Waals surface area contributed by atoms with Gasteiger partial charge in [-0.25, -0.2) is 4.79 Å². The predicted octanol–water partition coefficient (Wildman–Crippen LogP) is 3.63. The van der Waals surface area contributed by atoms with Crippen molar-refractivity contribution in [3.05, 3.63) is 58.6 Å². The zero-order chi connectivity index (χ0) is 14.5. The summed E-state index contributed by atoms with van der Waals surface area (Å²) in [6.45, 7) is 0.288. The summed E-state index contributed by atoms with van der Waals surface area (Å²) in [5, 5.41) is 9.12. The minimum Gasteiger partial charge on any atom is -0.496 e. The van der Waals surface area contributed by atoms with Crippen LogP contribution in [0.4, 0.5) is 0 Å². The molecule has 0 aliphatic heterocycles. The van der Waals surface area contributed by atoms with Crippen LogP contribution < -0.4 is 9.47 Å². The molecule has 0 bridgehead atoms. The highest BCUT2D eigenvalue weighted by atomic mass is 35.5. The van der Waals surface area contributed by atoms with Gasteiger partial charge in [0.1, 0.15) is 18.1 Å². The number of hydrogen-bond donors (Lipinski definition) is 1. The van der Waals surface area contributed by atoms with Crippen LogP contribution in [-0.4, -0.2) is 18.2 Å². The largest absolute Gasteiger partial charge is 0.496 e. The van der Waals surface area contributed by atoms with Crippen molar-refractivity contribution in [1.29, 1.82) is 0 Å². The van der Waals surface area contributed by atoms with Gasteiger partial charge in [0.25, 0.3) is 0 Å². The molecule has 1 N–H and O–H groups in total. The fourth-order valence-corrected chi connectivity index (χ4v) is 1.96. The zero-order valence-electron chi connectivity index (χ0n) is 10.8. The van der Waals surface area contributed by atoms with Gasteiger partial charge >= 0.3 is 5.97 Å². The molecule has 0 spiro atoms. The second-order valence-corrected chi connectivity index (χ2v) is 4.46. The lowest BCUT2D eigenvalue weighted by Gasteiger charge is -2.11. The van der Waals surface area contributed by atoms with Crippen LogP contribution in [0.2, 0.25) is 5.02 Å². The van der Waals surface area contributed by atoms with E-state index in [1.807, 2.05) is 24.3 Å². The van der Waals surface area contributed by atoms with Crippen LogP contribution in [0.1, 0.15) is 15.9 Å². The molecule has 4 nitrogen and oxygen atoms in total. The van der Waals surface area contributed by atoms with Crippen molar-refractivity contribution in [1.82, 2.24) is 0 Å². The molecule has 2 aromatic carbocycles. The quantitative estimate of drug-likeness (QED) is 0.914. The summed E-state index contributed by atoms with van der Waals surface area (Å²) < 4.78 is 10.8. The molecule has 20 heavy (non-hydrogen) atoms. The van der Waals surface area contributed by atoms with Gasteiger partial charge in [-0.1, -0.05) is 29.8 Å². The van der Waals surface area contributed by atoms with E-state index in [0.717, 1.165) is 11.3 Å². The monoisotopic (exact) mass is 292 g/mol. The van der Waals surface area contributed by atoms with Crippen LogP contribution in [-0.2, 0) is 6.61 Å². The zero-order valence-corrected chi connectivity index (χ0v) is 11.6. The molecule has 0 radical (unpaired) electrons. The van der Waals surface area contributed by atoms with Crippen molar-refractivity contribution >= 4 is 17.6 Å². The van der Waals surface area contributed by atoms with E-state index >= 15 is 0 Å². The summed E-state index contributed by atoms with van der Waals surface area (Å²) in [4.78, 5) is 10.8. The Hall–Kier alpha value is -2.20. The van der Waals surface area contributed by atoms with E-state index in [9.17, 15) is 4.79 Å².